The predicted octanol–water partition coefficient (Wildman–Crippen LogP) is 3.40. The van der Waals surface area contributed by atoms with Crippen LogP contribution in [-0.2, 0) is 22.2 Å². The van der Waals surface area contributed by atoms with E-state index in [1.807, 2.05) is 24.3 Å². The number of hydrogen-bond donors (Lipinski definition) is 0. The fourth-order valence-corrected chi connectivity index (χ4v) is 4.71. The van der Waals surface area contributed by atoms with Gasteiger partial charge in [-0.2, -0.15) is 9.57 Å². The zero-order chi connectivity index (χ0) is 17.2. The highest BCUT2D eigenvalue weighted by atomic mass is 32.2. The van der Waals surface area contributed by atoms with Crippen molar-refractivity contribution in [3.05, 3.63) is 70.8 Å². The summed E-state index contributed by atoms with van der Waals surface area (Å²) >= 11 is 0. The molecule has 1 atom stereocenters. The second kappa shape index (κ2) is 6.76. The van der Waals surface area contributed by atoms with Gasteiger partial charge >= 0.3 is 0 Å². The van der Waals surface area contributed by atoms with Crippen LogP contribution < -0.4 is 0 Å². The van der Waals surface area contributed by atoms with Crippen LogP contribution in [0.3, 0.4) is 0 Å². The second-order valence-electron chi connectivity index (χ2n) is 6.19. The number of nitrogens with zero attached hydrogens (tertiary/aromatic N) is 2. The van der Waals surface area contributed by atoms with Gasteiger partial charge in [-0.25, -0.2) is 8.42 Å². The molecule has 1 aliphatic carbocycles. The fourth-order valence-electron chi connectivity index (χ4n) is 3.29. The Hall–Kier alpha value is -2.16. The Bertz CT molecular complexity index is 867. The third kappa shape index (κ3) is 3.35. The lowest BCUT2D eigenvalue weighted by Crippen LogP contribution is -2.34. The summed E-state index contributed by atoms with van der Waals surface area (Å²) in [5.41, 5.74) is 3.60. The molecule has 24 heavy (non-hydrogen) atoms. The molecule has 0 aromatic heterocycles. The fraction of sp³-hybridized carbons (Fsp3) is 0.316. The van der Waals surface area contributed by atoms with Crippen molar-refractivity contribution in [1.82, 2.24) is 4.31 Å². The number of hydrogen-bond acceptors (Lipinski definition) is 3. The lowest BCUT2D eigenvalue weighted by atomic mass is 9.88. The Kier molecular flexibility index (Phi) is 4.70. The highest BCUT2D eigenvalue weighted by Crippen LogP contribution is 2.35. The van der Waals surface area contributed by atoms with E-state index < -0.39 is 10.0 Å². The second-order valence-corrected chi connectivity index (χ2v) is 8.22. The zero-order valence-corrected chi connectivity index (χ0v) is 14.5. The summed E-state index contributed by atoms with van der Waals surface area (Å²) in [6.45, 7) is 0. The van der Waals surface area contributed by atoms with Gasteiger partial charge in [-0.3, -0.25) is 0 Å². The summed E-state index contributed by atoms with van der Waals surface area (Å²) in [6, 6.07) is 16.8. The van der Waals surface area contributed by atoms with Crippen molar-refractivity contribution in [2.75, 3.05) is 7.05 Å². The normalized spacial score (nSPS) is 17.3. The molecule has 0 aliphatic heterocycles. The maximum atomic E-state index is 12.8. The van der Waals surface area contributed by atoms with Gasteiger partial charge in [0.15, 0.2) is 0 Å². The molecular weight excluding hydrogens is 320 g/mol. The van der Waals surface area contributed by atoms with Crippen molar-refractivity contribution >= 4 is 10.0 Å². The molecule has 5 heteroatoms. The van der Waals surface area contributed by atoms with Crippen molar-refractivity contribution in [2.45, 2.75) is 31.1 Å². The van der Waals surface area contributed by atoms with E-state index in [1.165, 1.54) is 9.87 Å². The van der Waals surface area contributed by atoms with E-state index in [9.17, 15) is 8.42 Å². The molecule has 2 aromatic rings. The highest BCUT2D eigenvalue weighted by molar-refractivity contribution is 7.88. The predicted molar refractivity (Wildman–Crippen MR) is 93.7 cm³/mol. The number of rotatable bonds is 4. The number of benzene rings is 2. The van der Waals surface area contributed by atoms with Crippen LogP contribution in [0.4, 0.5) is 0 Å². The van der Waals surface area contributed by atoms with Crippen LogP contribution >= 0.6 is 0 Å². The van der Waals surface area contributed by atoms with Crippen molar-refractivity contribution in [1.29, 1.82) is 5.26 Å². The van der Waals surface area contributed by atoms with Crippen LogP contribution in [0.15, 0.2) is 48.5 Å². The van der Waals surface area contributed by atoms with E-state index >= 15 is 0 Å². The van der Waals surface area contributed by atoms with E-state index in [0.717, 1.165) is 24.8 Å². The minimum Gasteiger partial charge on any atom is -0.212 e. The number of aryl methyl sites for hydroxylation is 1. The van der Waals surface area contributed by atoms with Crippen LogP contribution in [0.5, 0.6) is 0 Å². The summed E-state index contributed by atoms with van der Waals surface area (Å²) in [7, 11) is -1.75. The van der Waals surface area contributed by atoms with Crippen molar-refractivity contribution < 1.29 is 8.42 Å². The molecule has 1 aliphatic rings. The third-order valence-electron chi connectivity index (χ3n) is 4.65. The van der Waals surface area contributed by atoms with E-state index in [-0.39, 0.29) is 11.8 Å². The Morgan fingerprint density at radius 3 is 2.58 bits per heavy atom. The average molecular weight is 340 g/mol. The first-order valence-corrected chi connectivity index (χ1v) is 9.65. The average Bonchev–Trinajstić information content (AvgIpc) is 2.61. The maximum absolute atomic E-state index is 12.8. The van der Waals surface area contributed by atoms with Crippen LogP contribution in [0.25, 0.3) is 0 Å². The molecule has 124 valence electrons. The molecule has 0 amide bonds. The summed E-state index contributed by atoms with van der Waals surface area (Å²) in [5, 5.41) is 8.84. The van der Waals surface area contributed by atoms with E-state index in [1.54, 1.807) is 31.3 Å². The standard InChI is InChI=1S/C19H20N2O2S/c1-21(19-8-4-6-17-5-2-3-7-18(17)19)24(22,23)14-16-11-9-15(13-20)10-12-16/h2-3,5,7,9-12,19H,4,6,8,14H2,1H3. The van der Waals surface area contributed by atoms with Gasteiger partial charge in [0.05, 0.1) is 17.4 Å². The molecule has 0 saturated heterocycles. The largest absolute Gasteiger partial charge is 0.218 e. The van der Waals surface area contributed by atoms with Crippen molar-refractivity contribution in [2.24, 2.45) is 0 Å². The number of fused-ring (bicyclic) bond motifs is 1. The highest BCUT2D eigenvalue weighted by Gasteiger charge is 2.30. The van der Waals surface area contributed by atoms with Crippen molar-refractivity contribution in [3.63, 3.8) is 0 Å². The lowest BCUT2D eigenvalue weighted by molar-refractivity contribution is 0.337. The summed E-state index contributed by atoms with van der Waals surface area (Å²) in [5.74, 6) is -0.0477. The van der Waals surface area contributed by atoms with Crippen LogP contribution in [0, 0.1) is 11.3 Å². The SMILES string of the molecule is CN(C1CCCc2ccccc21)S(=O)(=O)Cc1ccc(C#N)cc1. The van der Waals surface area contributed by atoms with Gasteiger partial charge in [0.2, 0.25) is 10.0 Å². The Morgan fingerprint density at radius 1 is 1.17 bits per heavy atom. The molecule has 3 rings (SSSR count). The lowest BCUT2D eigenvalue weighted by Gasteiger charge is -2.32. The van der Waals surface area contributed by atoms with Crippen LogP contribution in [0.2, 0.25) is 0 Å². The van der Waals surface area contributed by atoms with E-state index in [0.29, 0.717) is 11.1 Å². The molecule has 0 saturated carbocycles. The molecule has 0 radical (unpaired) electrons. The van der Waals surface area contributed by atoms with Crippen LogP contribution in [0.1, 0.15) is 41.1 Å². The first kappa shape index (κ1) is 16.7. The summed E-state index contributed by atoms with van der Waals surface area (Å²) < 4.78 is 27.2. The molecule has 0 spiro atoms. The smallest absolute Gasteiger partial charge is 0.212 e. The number of sulfonamides is 1. The molecule has 0 fully saturated rings. The quantitative estimate of drug-likeness (QED) is 0.857. The monoisotopic (exact) mass is 340 g/mol. The zero-order valence-electron chi connectivity index (χ0n) is 13.6. The summed E-state index contributed by atoms with van der Waals surface area (Å²) in [6.07, 6.45) is 2.86. The molecule has 1 unspecified atom stereocenters. The molecular formula is C19H20N2O2S. The topological polar surface area (TPSA) is 61.2 Å². The van der Waals surface area contributed by atoms with E-state index in [4.69, 9.17) is 5.26 Å². The number of nitriles is 1. The Morgan fingerprint density at radius 2 is 1.88 bits per heavy atom. The molecule has 2 aromatic carbocycles. The first-order chi connectivity index (χ1) is 11.5. The molecule has 0 heterocycles. The van der Waals surface area contributed by atoms with E-state index in [2.05, 4.69) is 6.07 Å². The minimum absolute atomic E-state index is 0.0477. The molecule has 0 bridgehead atoms. The van der Waals surface area contributed by atoms with Gasteiger partial charge in [-0.05, 0) is 48.1 Å². The molecule has 0 N–H and O–H groups in total. The maximum Gasteiger partial charge on any atom is 0.218 e. The van der Waals surface area contributed by atoms with Crippen LogP contribution in [-0.4, -0.2) is 19.8 Å². The van der Waals surface area contributed by atoms with Crippen molar-refractivity contribution in [3.8, 4) is 6.07 Å². The summed E-state index contributed by atoms with van der Waals surface area (Å²) in [4.78, 5) is 0. The minimum atomic E-state index is -3.42. The van der Waals surface area contributed by atoms with Gasteiger partial charge in [-0.1, -0.05) is 36.4 Å². The van der Waals surface area contributed by atoms with Gasteiger partial charge in [0.1, 0.15) is 0 Å². The van der Waals surface area contributed by atoms with Gasteiger partial charge in [0, 0.05) is 13.1 Å². The van der Waals surface area contributed by atoms with Gasteiger partial charge < -0.3 is 0 Å². The van der Waals surface area contributed by atoms with Gasteiger partial charge in [-0.15, -0.1) is 0 Å². The Balaban J connectivity index is 1.83. The third-order valence-corrected chi connectivity index (χ3v) is 6.48. The van der Waals surface area contributed by atoms with Gasteiger partial charge in [0.25, 0.3) is 0 Å². The first-order valence-electron chi connectivity index (χ1n) is 8.04. The molecule has 4 nitrogen and oxygen atoms in total. The Labute approximate surface area is 143 Å².